The summed E-state index contributed by atoms with van der Waals surface area (Å²) >= 11 is 7.58. The molecular formula is C19H23ClN2O3S. The monoisotopic (exact) mass is 394 g/mol. The zero-order chi connectivity index (χ0) is 18.4. The molecule has 0 aliphatic carbocycles. The van der Waals surface area contributed by atoms with Crippen LogP contribution in [0.25, 0.3) is 0 Å². The summed E-state index contributed by atoms with van der Waals surface area (Å²) in [4.78, 5) is 15.5. The molecule has 140 valence electrons. The smallest absolute Gasteiger partial charge is 0.230 e. The second kappa shape index (κ2) is 9.46. The zero-order valence-corrected chi connectivity index (χ0v) is 16.3. The number of thioether (sulfide) groups is 1. The molecule has 1 atom stereocenters. The number of amides is 1. The minimum atomic E-state index is -0.0172. The van der Waals surface area contributed by atoms with Crippen molar-refractivity contribution in [3.63, 3.8) is 0 Å². The van der Waals surface area contributed by atoms with Crippen LogP contribution in [0, 0.1) is 6.92 Å². The van der Waals surface area contributed by atoms with E-state index in [4.69, 9.17) is 20.8 Å². The van der Waals surface area contributed by atoms with E-state index in [0.29, 0.717) is 30.5 Å². The largest absolute Gasteiger partial charge is 0.465 e. The molecule has 0 saturated carbocycles. The van der Waals surface area contributed by atoms with E-state index in [2.05, 4.69) is 10.2 Å². The molecule has 1 saturated heterocycles. The van der Waals surface area contributed by atoms with Crippen LogP contribution in [0.1, 0.15) is 17.6 Å². The Kier molecular flexibility index (Phi) is 7.02. The summed E-state index contributed by atoms with van der Waals surface area (Å²) in [6, 6.07) is 11.5. The Hall–Kier alpha value is -1.47. The number of ether oxygens (including phenoxy) is 1. The third-order valence-electron chi connectivity index (χ3n) is 4.26. The summed E-state index contributed by atoms with van der Waals surface area (Å²) in [6.45, 7) is 5.50. The van der Waals surface area contributed by atoms with Crippen LogP contribution in [-0.2, 0) is 9.53 Å². The zero-order valence-electron chi connectivity index (χ0n) is 14.7. The predicted octanol–water partition coefficient (Wildman–Crippen LogP) is 3.52. The Morgan fingerprint density at radius 2 is 2.04 bits per heavy atom. The van der Waals surface area contributed by atoms with E-state index in [1.54, 1.807) is 0 Å². The number of aryl methyl sites for hydroxylation is 1. The quantitative estimate of drug-likeness (QED) is 0.728. The molecule has 5 nitrogen and oxygen atoms in total. The van der Waals surface area contributed by atoms with Gasteiger partial charge in [-0.2, -0.15) is 0 Å². The molecule has 0 spiro atoms. The molecule has 1 aromatic carbocycles. The predicted molar refractivity (Wildman–Crippen MR) is 104 cm³/mol. The number of halogens is 1. The van der Waals surface area contributed by atoms with Crippen LogP contribution >= 0.6 is 23.4 Å². The fraction of sp³-hybridized carbons (Fsp3) is 0.421. The van der Waals surface area contributed by atoms with Crippen molar-refractivity contribution >= 4 is 29.3 Å². The van der Waals surface area contributed by atoms with Crippen molar-refractivity contribution in [2.24, 2.45) is 0 Å². The first-order chi connectivity index (χ1) is 12.6. The number of hydrogen-bond donors (Lipinski definition) is 1. The topological polar surface area (TPSA) is 54.7 Å². The first-order valence-corrected chi connectivity index (χ1v) is 10.0. The lowest BCUT2D eigenvalue weighted by atomic mass is 10.1. The normalized spacial score (nSPS) is 16.4. The van der Waals surface area contributed by atoms with Gasteiger partial charge in [0.2, 0.25) is 5.91 Å². The van der Waals surface area contributed by atoms with Crippen LogP contribution in [0.4, 0.5) is 0 Å². The molecule has 0 radical (unpaired) electrons. The highest BCUT2D eigenvalue weighted by Gasteiger charge is 2.25. The highest BCUT2D eigenvalue weighted by atomic mass is 35.5. The molecule has 1 aliphatic heterocycles. The number of nitrogens with one attached hydrogen (secondary N) is 1. The van der Waals surface area contributed by atoms with Gasteiger partial charge < -0.3 is 14.5 Å². The van der Waals surface area contributed by atoms with Crippen LogP contribution in [0.5, 0.6) is 0 Å². The second-order valence-corrected chi connectivity index (χ2v) is 7.56. The molecule has 3 rings (SSSR count). The molecule has 1 amide bonds. The highest BCUT2D eigenvalue weighted by molar-refractivity contribution is 8.00. The molecule has 2 aromatic rings. The average Bonchev–Trinajstić information content (AvgIpc) is 3.08. The van der Waals surface area contributed by atoms with Gasteiger partial charge >= 0.3 is 0 Å². The standard InChI is InChI=1S/C19H23ClN2O3S/c1-14-6-7-17(25-14)16(22-8-10-24-11-9-22)12-21-19(23)13-26-18-5-3-2-4-15(18)20/h2-7,16H,8-13H2,1H3,(H,21,23). The highest BCUT2D eigenvalue weighted by Crippen LogP contribution is 2.27. The SMILES string of the molecule is Cc1ccc(C(CNC(=O)CSc2ccccc2Cl)N2CCOCC2)o1. The van der Waals surface area contributed by atoms with Crippen molar-refractivity contribution < 1.29 is 13.9 Å². The van der Waals surface area contributed by atoms with Crippen LogP contribution in [0.2, 0.25) is 5.02 Å². The average molecular weight is 395 g/mol. The van der Waals surface area contributed by atoms with Gasteiger partial charge in [0.15, 0.2) is 0 Å². The third kappa shape index (κ3) is 5.27. The van der Waals surface area contributed by atoms with Crippen molar-refractivity contribution in [1.29, 1.82) is 0 Å². The summed E-state index contributed by atoms with van der Waals surface area (Å²) in [5.41, 5.74) is 0. The van der Waals surface area contributed by atoms with Crippen LogP contribution < -0.4 is 5.32 Å². The number of furan rings is 1. The lowest BCUT2D eigenvalue weighted by Gasteiger charge is -2.33. The number of hydrogen-bond acceptors (Lipinski definition) is 5. The lowest BCUT2D eigenvalue weighted by Crippen LogP contribution is -2.44. The van der Waals surface area contributed by atoms with Crippen LogP contribution in [0.15, 0.2) is 45.7 Å². The molecule has 1 N–H and O–H groups in total. The number of carbonyl (C=O) groups excluding carboxylic acids is 1. The summed E-state index contributed by atoms with van der Waals surface area (Å²) < 4.78 is 11.3. The minimum absolute atomic E-state index is 0.0156. The van der Waals surface area contributed by atoms with Crippen LogP contribution in [0.3, 0.4) is 0 Å². The van der Waals surface area contributed by atoms with Gasteiger partial charge in [0, 0.05) is 24.5 Å². The van der Waals surface area contributed by atoms with E-state index >= 15 is 0 Å². The van der Waals surface area contributed by atoms with E-state index in [1.165, 1.54) is 11.8 Å². The van der Waals surface area contributed by atoms with Crippen LogP contribution in [-0.4, -0.2) is 49.4 Å². The summed E-state index contributed by atoms with van der Waals surface area (Å²) in [5.74, 6) is 2.07. The van der Waals surface area contributed by atoms with Gasteiger partial charge in [-0.15, -0.1) is 11.8 Å². The number of carbonyl (C=O) groups is 1. The molecule has 1 unspecified atom stereocenters. The van der Waals surface area contributed by atoms with Crippen molar-refractivity contribution in [3.8, 4) is 0 Å². The Labute approximate surface area is 163 Å². The molecule has 1 aliphatic rings. The first kappa shape index (κ1) is 19.3. The maximum atomic E-state index is 12.3. The Bertz CT molecular complexity index is 731. The molecule has 0 bridgehead atoms. The summed E-state index contributed by atoms with van der Waals surface area (Å²) in [6.07, 6.45) is 0. The van der Waals surface area contributed by atoms with E-state index in [-0.39, 0.29) is 11.9 Å². The molecule has 1 aromatic heterocycles. The Balaban J connectivity index is 1.56. The maximum Gasteiger partial charge on any atom is 0.230 e. The van der Waals surface area contributed by atoms with Gasteiger partial charge in [-0.1, -0.05) is 23.7 Å². The van der Waals surface area contributed by atoms with Gasteiger partial charge in [-0.3, -0.25) is 9.69 Å². The van der Waals surface area contributed by atoms with E-state index in [9.17, 15) is 4.79 Å². The molecular weight excluding hydrogens is 372 g/mol. The van der Waals surface area contributed by atoms with Gasteiger partial charge in [0.25, 0.3) is 0 Å². The summed E-state index contributed by atoms with van der Waals surface area (Å²) in [7, 11) is 0. The minimum Gasteiger partial charge on any atom is -0.465 e. The third-order valence-corrected chi connectivity index (χ3v) is 5.78. The second-order valence-electron chi connectivity index (χ2n) is 6.14. The molecule has 2 heterocycles. The van der Waals surface area contributed by atoms with E-state index in [1.807, 2.05) is 43.3 Å². The fourth-order valence-corrected chi connectivity index (χ4v) is 3.97. The molecule has 1 fully saturated rings. The van der Waals surface area contributed by atoms with Crippen molar-refractivity contribution in [2.75, 3.05) is 38.6 Å². The number of rotatable bonds is 7. The number of morpholine rings is 1. The van der Waals surface area contributed by atoms with Crippen molar-refractivity contribution in [1.82, 2.24) is 10.2 Å². The van der Waals surface area contributed by atoms with E-state index < -0.39 is 0 Å². The Morgan fingerprint density at radius 3 is 2.73 bits per heavy atom. The lowest BCUT2D eigenvalue weighted by molar-refractivity contribution is -0.118. The van der Waals surface area contributed by atoms with E-state index in [0.717, 1.165) is 29.5 Å². The Morgan fingerprint density at radius 1 is 1.27 bits per heavy atom. The van der Waals surface area contributed by atoms with Crippen molar-refractivity contribution in [2.45, 2.75) is 17.9 Å². The van der Waals surface area contributed by atoms with Gasteiger partial charge in [-0.25, -0.2) is 0 Å². The van der Waals surface area contributed by atoms with Gasteiger partial charge in [0.1, 0.15) is 11.5 Å². The van der Waals surface area contributed by atoms with Crippen molar-refractivity contribution in [3.05, 3.63) is 52.9 Å². The summed E-state index contributed by atoms with van der Waals surface area (Å²) in [5, 5.41) is 3.70. The van der Waals surface area contributed by atoms with Gasteiger partial charge in [-0.05, 0) is 31.2 Å². The first-order valence-electron chi connectivity index (χ1n) is 8.65. The number of nitrogens with zero attached hydrogens (tertiary/aromatic N) is 1. The fourth-order valence-electron chi connectivity index (χ4n) is 2.90. The molecule has 26 heavy (non-hydrogen) atoms. The molecule has 7 heteroatoms. The maximum absolute atomic E-state index is 12.3. The van der Waals surface area contributed by atoms with Gasteiger partial charge in [0.05, 0.1) is 30.0 Å². The number of benzene rings is 1.